The van der Waals surface area contributed by atoms with Crippen molar-refractivity contribution in [2.24, 2.45) is 0 Å². The van der Waals surface area contributed by atoms with Crippen LogP contribution in [0.2, 0.25) is 0 Å². The molecule has 0 amide bonds. The Labute approximate surface area is 103 Å². The van der Waals surface area contributed by atoms with Crippen molar-refractivity contribution in [2.45, 2.75) is 45.9 Å². The highest BCUT2D eigenvalue weighted by Crippen LogP contribution is 2.38. The van der Waals surface area contributed by atoms with E-state index in [9.17, 15) is 5.11 Å². The lowest BCUT2D eigenvalue weighted by Crippen LogP contribution is -2.55. The van der Waals surface area contributed by atoms with E-state index in [2.05, 4.69) is 50.0 Å². The predicted octanol–water partition coefficient (Wildman–Crippen LogP) is 2.60. The number of benzene rings is 1. The molecule has 3 nitrogen and oxygen atoms in total. The molecule has 0 bridgehead atoms. The van der Waals surface area contributed by atoms with E-state index in [0.29, 0.717) is 6.04 Å². The lowest BCUT2D eigenvalue weighted by Gasteiger charge is -2.48. The van der Waals surface area contributed by atoms with Crippen molar-refractivity contribution >= 4 is 11.4 Å². The first-order valence-electron chi connectivity index (χ1n) is 6.23. The number of nitrogens with zero attached hydrogens (tertiary/aromatic N) is 1. The quantitative estimate of drug-likeness (QED) is 0.825. The summed E-state index contributed by atoms with van der Waals surface area (Å²) >= 11 is 0. The van der Waals surface area contributed by atoms with Crippen molar-refractivity contribution in [3.05, 3.63) is 23.8 Å². The van der Waals surface area contributed by atoms with Crippen LogP contribution >= 0.6 is 0 Å². The Hall–Kier alpha value is -1.22. The molecule has 2 rings (SSSR count). The normalized spacial score (nSPS) is 17.9. The molecule has 94 valence electrons. The van der Waals surface area contributed by atoms with Crippen LogP contribution in [-0.4, -0.2) is 23.2 Å². The third kappa shape index (κ3) is 2.12. The summed E-state index contributed by atoms with van der Waals surface area (Å²) in [5.41, 5.74) is 3.42. The van der Waals surface area contributed by atoms with Crippen molar-refractivity contribution in [1.29, 1.82) is 0 Å². The van der Waals surface area contributed by atoms with Gasteiger partial charge in [0.1, 0.15) is 0 Å². The largest absolute Gasteiger partial charge is 0.392 e. The lowest BCUT2D eigenvalue weighted by atomic mass is 9.95. The number of aliphatic hydroxyl groups excluding tert-OH is 1. The van der Waals surface area contributed by atoms with Crippen LogP contribution in [0.1, 0.15) is 33.3 Å². The monoisotopic (exact) mass is 234 g/mol. The summed E-state index contributed by atoms with van der Waals surface area (Å²) in [5.74, 6) is 0. The summed E-state index contributed by atoms with van der Waals surface area (Å²) in [7, 11) is 0. The van der Waals surface area contributed by atoms with Crippen LogP contribution in [0.25, 0.3) is 0 Å². The number of anilines is 2. The first-order valence-corrected chi connectivity index (χ1v) is 6.23. The molecule has 1 aromatic rings. The fourth-order valence-electron chi connectivity index (χ4n) is 2.72. The fourth-order valence-corrected chi connectivity index (χ4v) is 2.72. The zero-order chi connectivity index (χ0) is 12.6. The summed E-state index contributed by atoms with van der Waals surface area (Å²) in [4.78, 5) is 2.43. The molecule has 0 aromatic heterocycles. The Kier molecular flexibility index (Phi) is 3.04. The molecule has 1 aliphatic heterocycles. The van der Waals surface area contributed by atoms with Crippen LogP contribution in [0.5, 0.6) is 0 Å². The fraction of sp³-hybridized carbons (Fsp3) is 0.571. The van der Waals surface area contributed by atoms with Gasteiger partial charge in [0.25, 0.3) is 0 Å². The molecule has 0 spiro atoms. The van der Waals surface area contributed by atoms with E-state index >= 15 is 0 Å². The van der Waals surface area contributed by atoms with E-state index in [1.165, 1.54) is 5.69 Å². The van der Waals surface area contributed by atoms with E-state index in [0.717, 1.165) is 17.8 Å². The average Bonchev–Trinajstić information content (AvgIpc) is 2.26. The Morgan fingerprint density at radius 1 is 1.41 bits per heavy atom. The Balaban J connectivity index is 2.50. The summed E-state index contributed by atoms with van der Waals surface area (Å²) in [6.07, 6.45) is 0. The molecule has 0 aliphatic carbocycles. The standard InChI is InChI=1S/C14H22N2O/c1-10(2)16-13-7-11(8-17)5-6-12(13)15-9-14(16,3)4/h5-7,10,15,17H,8-9H2,1-4H3. The van der Waals surface area contributed by atoms with Gasteiger partial charge >= 0.3 is 0 Å². The number of hydrogen-bond acceptors (Lipinski definition) is 3. The average molecular weight is 234 g/mol. The van der Waals surface area contributed by atoms with Gasteiger partial charge < -0.3 is 15.3 Å². The minimum atomic E-state index is 0.0925. The molecule has 17 heavy (non-hydrogen) atoms. The highest BCUT2D eigenvalue weighted by atomic mass is 16.3. The zero-order valence-corrected chi connectivity index (χ0v) is 11.1. The van der Waals surface area contributed by atoms with Gasteiger partial charge in [0.15, 0.2) is 0 Å². The van der Waals surface area contributed by atoms with Gasteiger partial charge in [0, 0.05) is 12.6 Å². The SMILES string of the molecule is CC(C)N1c2cc(CO)ccc2NCC1(C)C. The number of nitrogens with one attached hydrogen (secondary N) is 1. The second kappa shape index (κ2) is 4.22. The second-order valence-corrected chi connectivity index (χ2v) is 5.64. The number of hydrogen-bond donors (Lipinski definition) is 2. The smallest absolute Gasteiger partial charge is 0.0682 e. The van der Waals surface area contributed by atoms with Gasteiger partial charge in [-0.1, -0.05) is 6.07 Å². The van der Waals surface area contributed by atoms with Crippen LogP contribution in [0.4, 0.5) is 11.4 Å². The van der Waals surface area contributed by atoms with E-state index in [4.69, 9.17) is 0 Å². The van der Waals surface area contributed by atoms with Gasteiger partial charge in [-0.25, -0.2) is 0 Å². The molecule has 3 heteroatoms. The summed E-state index contributed by atoms with van der Waals surface area (Å²) in [6.45, 7) is 9.95. The van der Waals surface area contributed by atoms with Crippen molar-refractivity contribution in [2.75, 3.05) is 16.8 Å². The number of fused-ring (bicyclic) bond motifs is 1. The molecule has 1 aliphatic rings. The first-order chi connectivity index (χ1) is 7.95. The van der Waals surface area contributed by atoms with Crippen LogP contribution in [0.15, 0.2) is 18.2 Å². The second-order valence-electron chi connectivity index (χ2n) is 5.64. The molecule has 2 N–H and O–H groups in total. The number of aliphatic hydroxyl groups is 1. The maximum Gasteiger partial charge on any atom is 0.0682 e. The molecule has 0 atom stereocenters. The van der Waals surface area contributed by atoms with E-state index < -0.39 is 0 Å². The Morgan fingerprint density at radius 2 is 2.12 bits per heavy atom. The van der Waals surface area contributed by atoms with Gasteiger partial charge in [0.05, 0.1) is 23.5 Å². The minimum Gasteiger partial charge on any atom is -0.392 e. The summed E-state index contributed by atoms with van der Waals surface area (Å²) in [6, 6.07) is 6.57. The maximum atomic E-state index is 9.26. The molecule has 0 fully saturated rings. The van der Waals surface area contributed by atoms with Crippen molar-refractivity contribution in [1.82, 2.24) is 0 Å². The van der Waals surface area contributed by atoms with Gasteiger partial charge in [-0.3, -0.25) is 0 Å². The highest BCUT2D eigenvalue weighted by molar-refractivity contribution is 5.74. The third-order valence-corrected chi connectivity index (χ3v) is 3.38. The highest BCUT2D eigenvalue weighted by Gasteiger charge is 2.34. The first kappa shape index (κ1) is 12.2. The van der Waals surface area contributed by atoms with Crippen LogP contribution in [-0.2, 0) is 6.61 Å². The van der Waals surface area contributed by atoms with Crippen LogP contribution in [0.3, 0.4) is 0 Å². The molecule has 0 unspecified atom stereocenters. The Bertz CT molecular complexity index is 413. The van der Waals surface area contributed by atoms with Crippen molar-refractivity contribution < 1.29 is 5.11 Å². The van der Waals surface area contributed by atoms with Crippen LogP contribution in [0, 0.1) is 0 Å². The van der Waals surface area contributed by atoms with E-state index in [1.807, 2.05) is 6.07 Å². The molecule has 1 aromatic carbocycles. The molecule has 0 saturated carbocycles. The van der Waals surface area contributed by atoms with Crippen LogP contribution < -0.4 is 10.2 Å². The molecular formula is C14H22N2O. The zero-order valence-electron chi connectivity index (χ0n) is 11.1. The topological polar surface area (TPSA) is 35.5 Å². The van der Waals surface area contributed by atoms with E-state index in [-0.39, 0.29) is 12.1 Å². The summed E-state index contributed by atoms with van der Waals surface area (Å²) in [5, 5.41) is 12.7. The molecule has 0 radical (unpaired) electrons. The van der Waals surface area contributed by atoms with Crippen molar-refractivity contribution in [3.63, 3.8) is 0 Å². The van der Waals surface area contributed by atoms with E-state index in [1.54, 1.807) is 0 Å². The predicted molar refractivity (Wildman–Crippen MR) is 72.5 cm³/mol. The van der Waals surface area contributed by atoms with Gasteiger partial charge in [-0.15, -0.1) is 0 Å². The number of rotatable bonds is 2. The Morgan fingerprint density at radius 3 is 2.71 bits per heavy atom. The molecular weight excluding hydrogens is 212 g/mol. The summed E-state index contributed by atoms with van der Waals surface area (Å²) < 4.78 is 0. The lowest BCUT2D eigenvalue weighted by molar-refractivity contribution is 0.281. The van der Waals surface area contributed by atoms with Gasteiger partial charge in [0.2, 0.25) is 0 Å². The minimum absolute atomic E-state index is 0.0925. The molecule has 0 saturated heterocycles. The third-order valence-electron chi connectivity index (χ3n) is 3.38. The van der Waals surface area contributed by atoms with Gasteiger partial charge in [-0.05, 0) is 45.4 Å². The maximum absolute atomic E-state index is 9.26. The molecule has 1 heterocycles. The van der Waals surface area contributed by atoms with Crippen molar-refractivity contribution in [3.8, 4) is 0 Å². The van der Waals surface area contributed by atoms with Gasteiger partial charge in [-0.2, -0.15) is 0 Å².